The van der Waals surface area contributed by atoms with Crippen LogP contribution in [0.1, 0.15) is 37.7 Å². The first-order valence-corrected chi connectivity index (χ1v) is 6.45. The fourth-order valence-electron chi connectivity index (χ4n) is 2.83. The average molecular weight is 244 g/mol. The number of allylic oxidation sites excluding steroid dienone is 1. The molecule has 2 rings (SSSR count). The van der Waals surface area contributed by atoms with Crippen LogP contribution in [0, 0.1) is 5.92 Å². The Morgan fingerprint density at radius 1 is 1.44 bits per heavy atom. The zero-order chi connectivity index (χ0) is 13.1. The smallest absolute Gasteiger partial charge is 0.140 e. The molecule has 0 amide bonds. The molecule has 0 N–H and O–H groups in total. The highest BCUT2D eigenvalue weighted by molar-refractivity contribution is 5.87. The lowest BCUT2D eigenvalue weighted by Gasteiger charge is -2.31. The highest BCUT2D eigenvalue weighted by Crippen LogP contribution is 2.39. The van der Waals surface area contributed by atoms with Gasteiger partial charge in [0.2, 0.25) is 0 Å². The molecule has 1 aliphatic carbocycles. The Bertz CT molecular complexity index is 462. The van der Waals surface area contributed by atoms with Crippen LogP contribution in [0.25, 0.3) is 0 Å². The maximum atomic E-state index is 12.2. The van der Waals surface area contributed by atoms with Crippen LogP contribution in [0.2, 0.25) is 0 Å². The zero-order valence-electron chi connectivity index (χ0n) is 11.1. The van der Waals surface area contributed by atoms with Crippen LogP contribution in [0.5, 0.6) is 5.75 Å². The molecule has 0 aliphatic heterocycles. The fourth-order valence-corrected chi connectivity index (χ4v) is 2.83. The van der Waals surface area contributed by atoms with Crippen molar-refractivity contribution in [3.8, 4) is 5.75 Å². The van der Waals surface area contributed by atoms with Gasteiger partial charge in [0.05, 0.1) is 7.11 Å². The zero-order valence-corrected chi connectivity index (χ0v) is 11.1. The lowest BCUT2D eigenvalue weighted by atomic mass is 9.72. The Hall–Kier alpha value is -1.57. The summed E-state index contributed by atoms with van der Waals surface area (Å²) in [5.41, 5.74) is 2.17. The van der Waals surface area contributed by atoms with Crippen LogP contribution in [0.3, 0.4) is 0 Å². The summed E-state index contributed by atoms with van der Waals surface area (Å²) in [5, 5.41) is 0. The molecule has 1 aromatic carbocycles. The van der Waals surface area contributed by atoms with Gasteiger partial charge in [-0.1, -0.05) is 24.3 Å². The summed E-state index contributed by atoms with van der Waals surface area (Å²) in [6, 6.07) is 7.86. The van der Waals surface area contributed by atoms with E-state index in [9.17, 15) is 4.79 Å². The van der Waals surface area contributed by atoms with Gasteiger partial charge in [-0.2, -0.15) is 0 Å². The van der Waals surface area contributed by atoms with E-state index in [0.717, 1.165) is 29.7 Å². The fraction of sp³-hybridized carbons (Fsp3) is 0.438. The molecule has 1 aliphatic rings. The number of benzene rings is 1. The van der Waals surface area contributed by atoms with Crippen molar-refractivity contribution in [3.63, 3.8) is 0 Å². The number of hydrogen-bond acceptors (Lipinski definition) is 2. The molecular weight excluding hydrogens is 224 g/mol. The lowest BCUT2D eigenvalue weighted by Crippen LogP contribution is -2.27. The van der Waals surface area contributed by atoms with Gasteiger partial charge < -0.3 is 4.74 Å². The highest BCUT2D eigenvalue weighted by Gasteiger charge is 2.33. The van der Waals surface area contributed by atoms with Gasteiger partial charge in [-0.3, -0.25) is 4.79 Å². The van der Waals surface area contributed by atoms with Gasteiger partial charge in [0.1, 0.15) is 11.5 Å². The van der Waals surface area contributed by atoms with Gasteiger partial charge >= 0.3 is 0 Å². The summed E-state index contributed by atoms with van der Waals surface area (Å²) in [7, 11) is 1.65. The van der Waals surface area contributed by atoms with Crippen molar-refractivity contribution in [2.24, 2.45) is 5.92 Å². The van der Waals surface area contributed by atoms with E-state index in [2.05, 4.69) is 6.58 Å². The molecule has 0 unspecified atom stereocenters. The molecule has 0 spiro atoms. The molecule has 2 heteroatoms. The maximum absolute atomic E-state index is 12.2. The van der Waals surface area contributed by atoms with Crippen molar-refractivity contribution in [3.05, 3.63) is 42.0 Å². The number of ketones is 1. The Morgan fingerprint density at radius 2 is 2.22 bits per heavy atom. The van der Waals surface area contributed by atoms with Gasteiger partial charge in [0.25, 0.3) is 0 Å². The van der Waals surface area contributed by atoms with Crippen LogP contribution in [0.4, 0.5) is 0 Å². The number of methoxy groups -OCH3 is 1. The normalized spacial score (nSPS) is 23.8. The molecule has 96 valence electrons. The number of rotatable bonds is 3. The third-order valence-corrected chi connectivity index (χ3v) is 3.77. The van der Waals surface area contributed by atoms with Crippen LogP contribution in [0.15, 0.2) is 36.4 Å². The van der Waals surface area contributed by atoms with E-state index in [4.69, 9.17) is 4.74 Å². The summed E-state index contributed by atoms with van der Waals surface area (Å²) in [6.07, 6.45) is 2.73. The molecule has 0 radical (unpaired) electrons. The third-order valence-electron chi connectivity index (χ3n) is 3.77. The molecule has 18 heavy (non-hydrogen) atoms. The van der Waals surface area contributed by atoms with E-state index in [0.29, 0.717) is 12.2 Å². The average Bonchev–Trinajstić information content (AvgIpc) is 2.38. The van der Waals surface area contributed by atoms with E-state index < -0.39 is 0 Å². The van der Waals surface area contributed by atoms with Crippen molar-refractivity contribution < 1.29 is 9.53 Å². The van der Waals surface area contributed by atoms with Crippen LogP contribution >= 0.6 is 0 Å². The van der Waals surface area contributed by atoms with Crippen molar-refractivity contribution in [2.45, 2.75) is 32.1 Å². The second-order valence-corrected chi connectivity index (χ2v) is 5.07. The minimum atomic E-state index is -0.0358. The summed E-state index contributed by atoms with van der Waals surface area (Å²) < 4.78 is 5.24. The van der Waals surface area contributed by atoms with Crippen molar-refractivity contribution >= 4 is 5.78 Å². The summed E-state index contributed by atoms with van der Waals surface area (Å²) in [6.45, 7) is 6.07. The van der Waals surface area contributed by atoms with Gasteiger partial charge in [0.15, 0.2) is 0 Å². The molecule has 0 heterocycles. The first kappa shape index (κ1) is 12.9. The molecule has 1 aromatic rings. The number of carbonyl (C=O) groups excluding carboxylic acids is 1. The first-order valence-electron chi connectivity index (χ1n) is 6.45. The minimum absolute atomic E-state index is 0.0358. The molecular formula is C16H20O2. The lowest BCUT2D eigenvalue weighted by molar-refractivity contribution is -0.123. The predicted molar refractivity (Wildman–Crippen MR) is 72.9 cm³/mol. The molecule has 2 nitrogen and oxygen atoms in total. The Morgan fingerprint density at radius 3 is 2.89 bits per heavy atom. The molecule has 0 aromatic heterocycles. The maximum Gasteiger partial charge on any atom is 0.140 e. The summed E-state index contributed by atoms with van der Waals surface area (Å²) >= 11 is 0. The van der Waals surface area contributed by atoms with Crippen LogP contribution in [-0.2, 0) is 4.79 Å². The highest BCUT2D eigenvalue weighted by atomic mass is 16.5. The molecule has 0 bridgehead atoms. The number of ether oxygens (including phenoxy) is 1. The number of Topliss-reactive ketones (excluding diaryl/α,β-unsaturated/α-hetero) is 1. The van der Waals surface area contributed by atoms with E-state index in [-0.39, 0.29) is 11.8 Å². The standard InChI is InChI=1S/C16H20O2/c1-11(2)14-8-5-9-15(17)16(14)12-6-4-7-13(10-12)18-3/h4,6-7,10,14,16H,1,5,8-9H2,2-3H3/t14-,16-/m1/s1. The Kier molecular flexibility index (Phi) is 3.85. The van der Waals surface area contributed by atoms with Gasteiger partial charge in [-0.15, -0.1) is 0 Å². The largest absolute Gasteiger partial charge is 0.497 e. The third kappa shape index (κ3) is 2.47. The topological polar surface area (TPSA) is 26.3 Å². The van der Waals surface area contributed by atoms with Crippen LogP contribution in [-0.4, -0.2) is 12.9 Å². The number of hydrogen-bond donors (Lipinski definition) is 0. The quantitative estimate of drug-likeness (QED) is 0.757. The number of carbonyl (C=O) groups is 1. The monoisotopic (exact) mass is 244 g/mol. The molecule has 1 saturated carbocycles. The molecule has 0 saturated heterocycles. The Balaban J connectivity index is 2.37. The molecule has 1 fully saturated rings. The first-order chi connectivity index (χ1) is 8.63. The van der Waals surface area contributed by atoms with E-state index >= 15 is 0 Å². The second-order valence-electron chi connectivity index (χ2n) is 5.07. The van der Waals surface area contributed by atoms with Crippen LogP contribution < -0.4 is 4.74 Å². The van der Waals surface area contributed by atoms with Gasteiger partial charge in [-0.05, 0) is 43.4 Å². The predicted octanol–water partition coefficient (Wildman–Crippen LogP) is 3.72. The Labute approximate surface area is 109 Å². The summed E-state index contributed by atoms with van der Waals surface area (Å²) in [4.78, 5) is 12.2. The van der Waals surface area contributed by atoms with Crippen molar-refractivity contribution in [1.82, 2.24) is 0 Å². The van der Waals surface area contributed by atoms with E-state index in [1.807, 2.05) is 31.2 Å². The van der Waals surface area contributed by atoms with Crippen molar-refractivity contribution in [1.29, 1.82) is 0 Å². The van der Waals surface area contributed by atoms with Gasteiger partial charge in [-0.25, -0.2) is 0 Å². The van der Waals surface area contributed by atoms with E-state index in [1.165, 1.54) is 0 Å². The van der Waals surface area contributed by atoms with Gasteiger partial charge in [0, 0.05) is 12.3 Å². The van der Waals surface area contributed by atoms with Crippen molar-refractivity contribution in [2.75, 3.05) is 7.11 Å². The summed E-state index contributed by atoms with van der Waals surface area (Å²) in [5.74, 6) is 1.39. The minimum Gasteiger partial charge on any atom is -0.497 e. The molecule has 2 atom stereocenters. The SMILES string of the molecule is C=C(C)[C@H]1CCCC(=O)[C@@H]1c1cccc(OC)c1. The second kappa shape index (κ2) is 5.38. The van der Waals surface area contributed by atoms with E-state index in [1.54, 1.807) is 7.11 Å².